The molecule has 1 aliphatic heterocycles. The first-order valence-electron chi connectivity index (χ1n) is 7.31. The number of amides is 1. The Kier molecular flexibility index (Phi) is 4.44. The van der Waals surface area contributed by atoms with Crippen molar-refractivity contribution in [3.63, 3.8) is 0 Å². The first kappa shape index (κ1) is 16.7. The number of benzene rings is 1. The Bertz CT molecular complexity index is 747. The highest BCUT2D eigenvalue weighted by atomic mass is 32.2. The summed E-state index contributed by atoms with van der Waals surface area (Å²) in [6.07, 6.45) is 0.713. The van der Waals surface area contributed by atoms with Crippen LogP contribution >= 0.6 is 0 Å². The highest BCUT2D eigenvalue weighted by Gasteiger charge is 2.32. The second-order valence-electron chi connectivity index (χ2n) is 5.85. The van der Waals surface area contributed by atoms with Gasteiger partial charge in [-0.3, -0.25) is 4.79 Å². The highest BCUT2D eigenvalue weighted by Crippen LogP contribution is 2.38. The van der Waals surface area contributed by atoms with Crippen molar-refractivity contribution >= 4 is 27.2 Å². The summed E-state index contributed by atoms with van der Waals surface area (Å²) in [5.74, 6) is -0.0977. The van der Waals surface area contributed by atoms with Gasteiger partial charge < -0.3 is 4.90 Å². The van der Waals surface area contributed by atoms with E-state index in [4.69, 9.17) is 0 Å². The van der Waals surface area contributed by atoms with E-state index in [1.165, 1.54) is 0 Å². The monoisotopic (exact) mass is 322 g/mol. The summed E-state index contributed by atoms with van der Waals surface area (Å²) < 4.78 is 27.5. The summed E-state index contributed by atoms with van der Waals surface area (Å²) >= 11 is 0. The molecule has 2 rings (SSSR count). The Morgan fingerprint density at radius 1 is 1.32 bits per heavy atom. The number of sulfonamides is 1. The molecule has 1 atom stereocenters. The molecule has 0 fully saturated rings. The summed E-state index contributed by atoms with van der Waals surface area (Å²) in [4.78, 5) is 14.0. The lowest BCUT2D eigenvalue weighted by molar-refractivity contribution is -0.112. The molecule has 0 saturated carbocycles. The van der Waals surface area contributed by atoms with E-state index in [2.05, 4.69) is 4.72 Å². The molecule has 0 aromatic heterocycles. The minimum absolute atomic E-state index is 0.0977. The van der Waals surface area contributed by atoms with Gasteiger partial charge in [0.2, 0.25) is 10.0 Å². The van der Waals surface area contributed by atoms with Crippen LogP contribution in [0.25, 0.3) is 5.57 Å². The number of likely N-dealkylation sites (N-methyl/N-ethyl adjacent to an activating group) is 1. The maximum Gasteiger partial charge on any atom is 0.258 e. The molecular formula is C16H22N2O3S. The zero-order chi connectivity index (χ0) is 16.7. The lowest BCUT2D eigenvalue weighted by Crippen LogP contribution is -2.32. The summed E-state index contributed by atoms with van der Waals surface area (Å²) in [5.41, 5.74) is 2.88. The van der Waals surface area contributed by atoms with Crippen molar-refractivity contribution in [3.8, 4) is 0 Å². The van der Waals surface area contributed by atoms with Gasteiger partial charge in [0, 0.05) is 24.2 Å². The van der Waals surface area contributed by atoms with Gasteiger partial charge in [0.05, 0.1) is 10.6 Å². The quantitative estimate of drug-likeness (QED) is 0.866. The summed E-state index contributed by atoms with van der Waals surface area (Å²) in [6, 6.07) is 4.69. The van der Waals surface area contributed by atoms with Gasteiger partial charge in [-0.05, 0) is 45.4 Å². The minimum Gasteiger partial charge on any atom is -0.311 e. The third-order valence-electron chi connectivity index (χ3n) is 3.90. The van der Waals surface area contributed by atoms with E-state index in [-0.39, 0.29) is 16.8 Å². The molecule has 1 N–H and O–H groups in total. The van der Waals surface area contributed by atoms with E-state index in [9.17, 15) is 13.2 Å². The normalized spacial score (nSPS) is 16.0. The van der Waals surface area contributed by atoms with Crippen LogP contribution in [-0.4, -0.2) is 27.4 Å². The molecule has 0 bridgehead atoms. The zero-order valence-corrected chi connectivity index (χ0v) is 14.4. The van der Waals surface area contributed by atoms with Crippen molar-refractivity contribution < 1.29 is 13.2 Å². The molecular weight excluding hydrogens is 300 g/mol. The van der Waals surface area contributed by atoms with E-state index in [0.29, 0.717) is 17.6 Å². The predicted molar refractivity (Wildman–Crippen MR) is 88.2 cm³/mol. The van der Waals surface area contributed by atoms with Crippen molar-refractivity contribution in [2.24, 2.45) is 0 Å². The Morgan fingerprint density at radius 2 is 1.95 bits per heavy atom. The smallest absolute Gasteiger partial charge is 0.258 e. The van der Waals surface area contributed by atoms with Crippen molar-refractivity contribution in [1.29, 1.82) is 0 Å². The third-order valence-corrected chi connectivity index (χ3v) is 5.48. The van der Waals surface area contributed by atoms with Gasteiger partial charge in [0.15, 0.2) is 0 Å². The summed E-state index contributed by atoms with van der Waals surface area (Å²) in [6.45, 7) is 7.46. The molecule has 1 unspecified atom stereocenters. The SMILES string of the molecule is CCC(C)NS(=O)(=O)c1ccc2c(c1)C(=C(C)C)C(=O)N2C. The van der Waals surface area contributed by atoms with Gasteiger partial charge in [-0.15, -0.1) is 0 Å². The number of carbonyl (C=O) groups is 1. The number of hydrogen-bond donors (Lipinski definition) is 1. The largest absolute Gasteiger partial charge is 0.311 e. The van der Waals surface area contributed by atoms with Gasteiger partial charge in [-0.25, -0.2) is 13.1 Å². The second-order valence-corrected chi connectivity index (χ2v) is 7.56. The molecule has 120 valence electrons. The third kappa shape index (κ3) is 2.80. The molecule has 1 heterocycles. The van der Waals surface area contributed by atoms with Crippen molar-refractivity contribution in [2.75, 3.05) is 11.9 Å². The molecule has 0 aliphatic carbocycles. The minimum atomic E-state index is -3.58. The molecule has 0 saturated heterocycles. The molecule has 1 aromatic rings. The maximum absolute atomic E-state index is 12.4. The average molecular weight is 322 g/mol. The number of allylic oxidation sites excluding steroid dienone is 1. The standard InChI is InChI=1S/C16H22N2O3S/c1-6-11(4)17-22(20,21)12-7-8-14-13(9-12)15(10(2)3)16(19)18(14)5/h7-9,11,17H,6H2,1-5H3. The highest BCUT2D eigenvalue weighted by molar-refractivity contribution is 7.89. The van der Waals surface area contributed by atoms with Crippen LogP contribution in [0.5, 0.6) is 0 Å². The van der Waals surface area contributed by atoms with Crippen molar-refractivity contribution in [3.05, 3.63) is 29.3 Å². The van der Waals surface area contributed by atoms with E-state index in [0.717, 1.165) is 11.3 Å². The van der Waals surface area contributed by atoms with Crippen LogP contribution in [0.15, 0.2) is 28.7 Å². The fourth-order valence-electron chi connectivity index (χ4n) is 2.47. The number of hydrogen-bond acceptors (Lipinski definition) is 3. The van der Waals surface area contributed by atoms with Crippen LogP contribution in [0.1, 0.15) is 39.7 Å². The lowest BCUT2D eigenvalue weighted by atomic mass is 10.0. The Balaban J connectivity index is 2.54. The van der Waals surface area contributed by atoms with Crippen LogP contribution in [0.2, 0.25) is 0 Å². The summed E-state index contributed by atoms with van der Waals surface area (Å²) in [5, 5.41) is 0. The first-order valence-corrected chi connectivity index (χ1v) is 8.79. The number of carbonyl (C=O) groups excluding carboxylic acids is 1. The van der Waals surface area contributed by atoms with Gasteiger partial charge in [-0.2, -0.15) is 0 Å². The van der Waals surface area contributed by atoms with Crippen LogP contribution in [-0.2, 0) is 14.8 Å². The first-order chi connectivity index (χ1) is 10.2. The average Bonchev–Trinajstić information content (AvgIpc) is 2.69. The number of nitrogens with zero attached hydrogens (tertiary/aromatic N) is 1. The van der Waals surface area contributed by atoms with Crippen LogP contribution in [0.3, 0.4) is 0 Å². The predicted octanol–water partition coefficient (Wildman–Crippen LogP) is 2.53. The van der Waals surface area contributed by atoms with Gasteiger partial charge in [-0.1, -0.05) is 12.5 Å². The molecule has 0 spiro atoms. The molecule has 5 nitrogen and oxygen atoms in total. The zero-order valence-electron chi connectivity index (χ0n) is 13.6. The lowest BCUT2D eigenvalue weighted by Gasteiger charge is -2.13. The number of fused-ring (bicyclic) bond motifs is 1. The fourth-order valence-corrected chi connectivity index (χ4v) is 3.82. The Morgan fingerprint density at radius 3 is 2.50 bits per heavy atom. The molecule has 6 heteroatoms. The molecule has 22 heavy (non-hydrogen) atoms. The van der Waals surface area contributed by atoms with Gasteiger partial charge in [0.1, 0.15) is 0 Å². The number of anilines is 1. The van der Waals surface area contributed by atoms with E-state index < -0.39 is 10.0 Å². The van der Waals surface area contributed by atoms with Crippen molar-refractivity contribution in [2.45, 2.75) is 45.1 Å². The molecule has 0 radical (unpaired) electrons. The molecule has 1 aliphatic rings. The van der Waals surface area contributed by atoms with Gasteiger partial charge in [0.25, 0.3) is 5.91 Å². The summed E-state index contributed by atoms with van der Waals surface area (Å²) in [7, 11) is -1.88. The molecule has 1 amide bonds. The van der Waals surface area contributed by atoms with E-state index in [1.54, 1.807) is 30.1 Å². The van der Waals surface area contributed by atoms with E-state index >= 15 is 0 Å². The van der Waals surface area contributed by atoms with Crippen LogP contribution < -0.4 is 9.62 Å². The number of rotatable bonds is 4. The van der Waals surface area contributed by atoms with E-state index in [1.807, 2.05) is 27.7 Å². The van der Waals surface area contributed by atoms with Crippen LogP contribution in [0, 0.1) is 0 Å². The number of nitrogens with one attached hydrogen (secondary N) is 1. The Labute approximate surface area is 132 Å². The maximum atomic E-state index is 12.4. The van der Waals surface area contributed by atoms with Crippen molar-refractivity contribution in [1.82, 2.24) is 4.72 Å². The fraction of sp³-hybridized carbons (Fsp3) is 0.438. The van der Waals surface area contributed by atoms with Gasteiger partial charge >= 0.3 is 0 Å². The molecule has 1 aromatic carbocycles. The second kappa shape index (κ2) is 5.85. The topological polar surface area (TPSA) is 66.5 Å². The van der Waals surface area contributed by atoms with Crippen LogP contribution in [0.4, 0.5) is 5.69 Å². The Hall–Kier alpha value is -1.66.